The van der Waals surface area contributed by atoms with E-state index in [-0.39, 0.29) is 35.0 Å². The summed E-state index contributed by atoms with van der Waals surface area (Å²) < 4.78 is 27.5. The van der Waals surface area contributed by atoms with Gasteiger partial charge in [-0.05, 0) is 49.4 Å². The Labute approximate surface area is 232 Å². The number of carbonyl (C=O) groups excluding carboxylic acids is 3. The number of nitriles is 1. The number of sulfonamides is 1. The molecule has 1 unspecified atom stereocenters. The van der Waals surface area contributed by atoms with Crippen molar-refractivity contribution < 1.29 is 22.8 Å². The van der Waals surface area contributed by atoms with Crippen LogP contribution >= 0.6 is 0 Å². The fourth-order valence-corrected chi connectivity index (χ4v) is 6.14. The van der Waals surface area contributed by atoms with Crippen molar-refractivity contribution in [1.82, 2.24) is 24.9 Å². The highest BCUT2D eigenvalue weighted by molar-refractivity contribution is 7.89. The van der Waals surface area contributed by atoms with E-state index in [0.717, 1.165) is 4.31 Å². The largest absolute Gasteiger partial charge is 0.344 e. The Hall–Kier alpha value is -4.21. The molecule has 2 aromatic carbocycles. The number of ketones is 1. The summed E-state index contributed by atoms with van der Waals surface area (Å²) in [6.07, 6.45) is 2.20. The highest BCUT2D eigenvalue weighted by Crippen LogP contribution is 2.22. The number of fused-ring (bicyclic) bond motifs is 1. The van der Waals surface area contributed by atoms with Crippen LogP contribution in [-0.2, 0) is 19.6 Å². The third-order valence-corrected chi connectivity index (χ3v) is 8.48. The highest BCUT2D eigenvalue weighted by atomic mass is 32.2. The first kappa shape index (κ1) is 28.8. The van der Waals surface area contributed by atoms with Gasteiger partial charge in [-0.3, -0.25) is 19.4 Å². The molecule has 1 aliphatic heterocycles. The topological polar surface area (TPSA) is 162 Å². The number of hydrogen-bond donors (Lipinski definition) is 2. The van der Waals surface area contributed by atoms with Gasteiger partial charge in [0, 0.05) is 6.54 Å². The summed E-state index contributed by atoms with van der Waals surface area (Å²) in [4.78, 5) is 47.8. The zero-order valence-corrected chi connectivity index (χ0v) is 23.0. The molecule has 3 aromatic rings. The summed E-state index contributed by atoms with van der Waals surface area (Å²) in [5.41, 5.74) is 1.23. The average molecular weight is 563 g/mol. The molecule has 2 atom stereocenters. The predicted octanol–water partition coefficient (Wildman–Crippen LogP) is 2.18. The number of amides is 2. The van der Waals surface area contributed by atoms with Crippen LogP contribution < -0.4 is 10.6 Å². The number of nitrogens with zero attached hydrogens (tertiary/aromatic N) is 4. The Kier molecular flexibility index (Phi) is 8.86. The first-order valence-electron chi connectivity index (χ1n) is 12.9. The molecule has 4 rings (SSSR count). The number of benzene rings is 2. The number of para-hydroxylation sites is 2. The van der Waals surface area contributed by atoms with Gasteiger partial charge in [0.05, 0.1) is 40.3 Å². The minimum Gasteiger partial charge on any atom is -0.344 e. The van der Waals surface area contributed by atoms with E-state index in [9.17, 15) is 28.1 Å². The normalized spacial score (nSPS) is 17.1. The first-order valence-corrected chi connectivity index (χ1v) is 14.4. The van der Waals surface area contributed by atoms with Gasteiger partial charge < -0.3 is 10.6 Å². The maximum absolute atomic E-state index is 13.3. The van der Waals surface area contributed by atoms with Gasteiger partial charge in [-0.25, -0.2) is 13.4 Å². The number of Topliss-reactive ketones (excluding diaryl/α,β-unsaturated/α-hetero) is 1. The number of hydrogen-bond acceptors (Lipinski definition) is 8. The maximum atomic E-state index is 13.3. The van der Waals surface area contributed by atoms with Crippen molar-refractivity contribution in [2.45, 2.75) is 50.1 Å². The van der Waals surface area contributed by atoms with Crippen molar-refractivity contribution in [3.8, 4) is 6.07 Å². The van der Waals surface area contributed by atoms with Crippen molar-refractivity contribution >= 4 is 38.7 Å². The van der Waals surface area contributed by atoms with Crippen molar-refractivity contribution in [3.63, 3.8) is 0 Å². The first-order chi connectivity index (χ1) is 19.1. The molecule has 40 heavy (non-hydrogen) atoms. The number of aromatic nitrogens is 2. The quantitative estimate of drug-likeness (QED) is 0.422. The van der Waals surface area contributed by atoms with E-state index in [1.165, 1.54) is 24.4 Å². The van der Waals surface area contributed by atoms with E-state index in [4.69, 9.17) is 0 Å². The number of nitrogens with one attached hydrogen (secondary N) is 2. The molecular formula is C28H30N6O5S. The minimum atomic E-state index is -4.10. The number of rotatable bonds is 8. The van der Waals surface area contributed by atoms with Crippen molar-refractivity contribution in [2.24, 2.45) is 5.92 Å². The third kappa shape index (κ3) is 6.50. The zero-order valence-electron chi connectivity index (χ0n) is 22.2. The molecule has 2 amide bonds. The summed E-state index contributed by atoms with van der Waals surface area (Å²) in [6.45, 7) is 3.43. The van der Waals surface area contributed by atoms with Gasteiger partial charge in [0.25, 0.3) is 5.91 Å². The van der Waals surface area contributed by atoms with Crippen LogP contribution in [0, 0.1) is 17.2 Å². The van der Waals surface area contributed by atoms with Crippen LogP contribution in [0.3, 0.4) is 0 Å². The molecule has 0 saturated carbocycles. The smallest absolute Gasteiger partial charge is 0.272 e. The molecule has 11 nitrogen and oxygen atoms in total. The second kappa shape index (κ2) is 12.3. The monoisotopic (exact) mass is 562 g/mol. The van der Waals surface area contributed by atoms with E-state index >= 15 is 0 Å². The Balaban J connectivity index is 1.46. The van der Waals surface area contributed by atoms with Crippen LogP contribution in [0.2, 0.25) is 0 Å². The lowest BCUT2D eigenvalue weighted by Gasteiger charge is -2.23. The van der Waals surface area contributed by atoms with Crippen molar-refractivity contribution in [3.05, 3.63) is 66.0 Å². The molecular weight excluding hydrogens is 532 g/mol. The summed E-state index contributed by atoms with van der Waals surface area (Å²) >= 11 is 0. The molecule has 0 radical (unpaired) electrons. The summed E-state index contributed by atoms with van der Waals surface area (Å²) in [5.74, 6) is -1.54. The van der Waals surface area contributed by atoms with Gasteiger partial charge >= 0.3 is 0 Å². The van der Waals surface area contributed by atoms with Gasteiger partial charge in [0.1, 0.15) is 17.8 Å². The van der Waals surface area contributed by atoms with E-state index < -0.39 is 46.2 Å². The summed E-state index contributed by atoms with van der Waals surface area (Å²) in [5, 5.41) is 14.8. The molecule has 2 N–H and O–H groups in total. The van der Waals surface area contributed by atoms with Crippen LogP contribution in [0.25, 0.3) is 11.0 Å². The summed E-state index contributed by atoms with van der Waals surface area (Å²) in [6, 6.07) is 12.9. The van der Waals surface area contributed by atoms with Gasteiger partial charge in [-0.15, -0.1) is 0 Å². The van der Waals surface area contributed by atoms with Gasteiger partial charge in [-0.2, -0.15) is 9.57 Å². The molecule has 1 aromatic heterocycles. The van der Waals surface area contributed by atoms with E-state index in [1.54, 1.807) is 24.3 Å². The molecule has 0 aliphatic carbocycles. The van der Waals surface area contributed by atoms with Crippen LogP contribution in [0.1, 0.15) is 49.2 Å². The lowest BCUT2D eigenvalue weighted by Crippen LogP contribution is -2.52. The lowest BCUT2D eigenvalue weighted by atomic mass is 10.0. The fraction of sp³-hybridized carbons (Fsp3) is 0.357. The molecule has 12 heteroatoms. The molecule has 1 saturated heterocycles. The zero-order chi connectivity index (χ0) is 28.9. The Bertz CT molecular complexity index is 1580. The Morgan fingerprint density at radius 2 is 1.82 bits per heavy atom. The molecule has 0 spiro atoms. The van der Waals surface area contributed by atoms with Gasteiger partial charge in [-0.1, -0.05) is 38.1 Å². The molecule has 208 valence electrons. The number of carbonyl (C=O) groups is 3. The van der Waals surface area contributed by atoms with E-state index in [0.29, 0.717) is 23.9 Å². The standard InChI is InChI=1S/C28H30N6O5S/c1-18(2)14-23(33-28(37)24-16-30-20-9-4-5-10-21(20)31-24)27(36)32-22-11-7-13-34(17-25(22)35)40(38,39)26-12-6-3-8-19(26)15-29/h3-6,8-10,12,16,18,22-23H,7,11,13-14,17H2,1-2H3,(H,32,36)(H,33,37)/t22?,23-/m0/s1. The van der Waals surface area contributed by atoms with Crippen LogP contribution in [-0.4, -0.2) is 65.5 Å². The highest BCUT2D eigenvalue weighted by Gasteiger charge is 2.35. The second-order valence-corrected chi connectivity index (χ2v) is 11.9. The second-order valence-electron chi connectivity index (χ2n) is 10.0. The predicted molar refractivity (Wildman–Crippen MR) is 146 cm³/mol. The lowest BCUT2D eigenvalue weighted by molar-refractivity contribution is -0.129. The van der Waals surface area contributed by atoms with Crippen LogP contribution in [0.4, 0.5) is 0 Å². The Morgan fingerprint density at radius 3 is 2.55 bits per heavy atom. The third-order valence-electron chi connectivity index (χ3n) is 6.57. The molecule has 1 fully saturated rings. The fourth-order valence-electron chi connectivity index (χ4n) is 4.55. The van der Waals surface area contributed by atoms with E-state index in [1.807, 2.05) is 26.0 Å². The SMILES string of the molecule is CC(C)C[C@H](NC(=O)c1cnc2ccccc2n1)C(=O)NC1CCCN(S(=O)(=O)c2ccccc2C#N)CC1=O. The van der Waals surface area contributed by atoms with E-state index in [2.05, 4.69) is 20.6 Å². The van der Waals surface area contributed by atoms with Crippen LogP contribution in [0.15, 0.2) is 59.6 Å². The molecule has 2 heterocycles. The summed E-state index contributed by atoms with van der Waals surface area (Å²) in [7, 11) is -4.10. The van der Waals surface area contributed by atoms with Gasteiger partial charge in [0.2, 0.25) is 15.9 Å². The Morgan fingerprint density at radius 1 is 1.12 bits per heavy atom. The van der Waals surface area contributed by atoms with Gasteiger partial charge in [0.15, 0.2) is 5.78 Å². The minimum absolute atomic E-state index is 0.00702. The average Bonchev–Trinajstić information content (AvgIpc) is 3.13. The molecule has 0 bridgehead atoms. The van der Waals surface area contributed by atoms with Crippen molar-refractivity contribution in [2.75, 3.05) is 13.1 Å². The van der Waals surface area contributed by atoms with Crippen LogP contribution in [0.5, 0.6) is 0 Å². The van der Waals surface area contributed by atoms with Crippen molar-refractivity contribution in [1.29, 1.82) is 5.26 Å². The molecule has 1 aliphatic rings. The maximum Gasteiger partial charge on any atom is 0.272 e.